The Balaban J connectivity index is 1.86. The van der Waals surface area contributed by atoms with Gasteiger partial charge >= 0.3 is 6.03 Å². The summed E-state index contributed by atoms with van der Waals surface area (Å²) in [5.41, 5.74) is 1.22. The van der Waals surface area contributed by atoms with Gasteiger partial charge in [-0.25, -0.2) is 4.79 Å². The molecule has 0 spiro atoms. The van der Waals surface area contributed by atoms with Crippen LogP contribution in [0.1, 0.15) is 39.2 Å². The van der Waals surface area contributed by atoms with Crippen molar-refractivity contribution in [2.45, 2.75) is 39.0 Å². The van der Waals surface area contributed by atoms with Gasteiger partial charge in [0.15, 0.2) is 0 Å². The number of urea groups is 1. The number of rotatable bonds is 3. The number of hydrogen-bond donors (Lipinski definition) is 1. The van der Waals surface area contributed by atoms with Crippen molar-refractivity contribution in [2.24, 2.45) is 5.92 Å². The van der Waals surface area contributed by atoms with Crippen LogP contribution in [0, 0.1) is 5.92 Å². The first kappa shape index (κ1) is 14.9. The van der Waals surface area contributed by atoms with Gasteiger partial charge in [0.05, 0.1) is 0 Å². The van der Waals surface area contributed by atoms with Crippen molar-refractivity contribution >= 4 is 6.03 Å². The summed E-state index contributed by atoms with van der Waals surface area (Å²) in [6.45, 7) is 9.04. The maximum absolute atomic E-state index is 12.2. The molecule has 1 aliphatic rings. The van der Waals surface area contributed by atoms with E-state index in [0.29, 0.717) is 6.54 Å². The minimum atomic E-state index is -0.0417. The molecule has 0 aliphatic carbocycles. The fourth-order valence-electron chi connectivity index (χ4n) is 2.61. The van der Waals surface area contributed by atoms with Crippen LogP contribution in [0.4, 0.5) is 4.79 Å². The van der Waals surface area contributed by atoms with Crippen LogP contribution in [0.25, 0.3) is 0 Å². The summed E-state index contributed by atoms with van der Waals surface area (Å²) >= 11 is 0. The zero-order valence-corrected chi connectivity index (χ0v) is 12.9. The first-order valence-corrected chi connectivity index (χ1v) is 7.57. The lowest BCUT2D eigenvalue weighted by Crippen LogP contribution is -2.47. The number of carbonyl (C=O) groups excluding carboxylic acids is 1. The Morgan fingerprint density at radius 2 is 1.85 bits per heavy atom. The number of amides is 2. The normalized spacial score (nSPS) is 17.1. The Bertz CT molecular complexity index is 434. The fourth-order valence-corrected chi connectivity index (χ4v) is 2.61. The smallest absolute Gasteiger partial charge is 0.317 e. The van der Waals surface area contributed by atoms with E-state index in [4.69, 9.17) is 0 Å². The Morgan fingerprint density at radius 3 is 2.45 bits per heavy atom. The average molecular weight is 274 g/mol. The van der Waals surface area contributed by atoms with E-state index in [1.807, 2.05) is 23.1 Å². The van der Waals surface area contributed by atoms with Crippen LogP contribution in [-0.2, 0) is 5.41 Å². The predicted octanol–water partition coefficient (Wildman–Crippen LogP) is 3.41. The van der Waals surface area contributed by atoms with Crippen molar-refractivity contribution in [3.05, 3.63) is 35.9 Å². The third-order valence-electron chi connectivity index (χ3n) is 4.31. The number of benzene rings is 1. The molecule has 3 nitrogen and oxygen atoms in total. The van der Waals surface area contributed by atoms with Crippen LogP contribution in [0.3, 0.4) is 0 Å². The molecule has 2 rings (SSSR count). The van der Waals surface area contributed by atoms with Crippen LogP contribution in [0.15, 0.2) is 30.3 Å². The zero-order chi connectivity index (χ0) is 14.6. The minimum Gasteiger partial charge on any atom is -0.337 e. The maximum atomic E-state index is 12.2. The summed E-state index contributed by atoms with van der Waals surface area (Å²) in [6.07, 6.45) is 2.24. The highest BCUT2D eigenvalue weighted by Gasteiger charge is 2.24. The van der Waals surface area contributed by atoms with Gasteiger partial charge in [-0.3, -0.25) is 0 Å². The van der Waals surface area contributed by atoms with E-state index >= 15 is 0 Å². The highest BCUT2D eigenvalue weighted by Crippen LogP contribution is 2.22. The number of likely N-dealkylation sites (tertiary alicyclic amines) is 1. The van der Waals surface area contributed by atoms with Gasteiger partial charge in [0, 0.05) is 25.0 Å². The van der Waals surface area contributed by atoms with Crippen molar-refractivity contribution in [3.63, 3.8) is 0 Å². The molecule has 2 amide bonds. The molecule has 20 heavy (non-hydrogen) atoms. The number of carbonyl (C=O) groups is 1. The highest BCUT2D eigenvalue weighted by atomic mass is 16.2. The van der Waals surface area contributed by atoms with Crippen molar-refractivity contribution in [1.82, 2.24) is 10.2 Å². The second-order valence-corrected chi connectivity index (χ2v) is 6.58. The topological polar surface area (TPSA) is 32.3 Å². The van der Waals surface area contributed by atoms with Gasteiger partial charge in [0.25, 0.3) is 0 Å². The summed E-state index contributed by atoms with van der Waals surface area (Å²) < 4.78 is 0. The van der Waals surface area contributed by atoms with Crippen LogP contribution in [-0.4, -0.2) is 30.6 Å². The van der Waals surface area contributed by atoms with E-state index < -0.39 is 0 Å². The molecular weight excluding hydrogens is 248 g/mol. The maximum Gasteiger partial charge on any atom is 0.317 e. The van der Waals surface area contributed by atoms with E-state index in [2.05, 4.69) is 38.2 Å². The van der Waals surface area contributed by atoms with Crippen LogP contribution < -0.4 is 5.32 Å². The summed E-state index contributed by atoms with van der Waals surface area (Å²) in [5.74, 6) is 0.750. The lowest BCUT2D eigenvalue weighted by atomic mass is 9.85. The molecular formula is C17H26N2O. The number of nitrogens with zero attached hydrogens (tertiary/aromatic N) is 1. The van der Waals surface area contributed by atoms with E-state index in [1.54, 1.807) is 0 Å². The molecule has 0 saturated carbocycles. The molecule has 1 aromatic carbocycles. The molecule has 1 saturated heterocycles. The molecule has 3 heteroatoms. The third kappa shape index (κ3) is 3.75. The quantitative estimate of drug-likeness (QED) is 0.900. The largest absolute Gasteiger partial charge is 0.337 e. The lowest BCUT2D eigenvalue weighted by Gasteiger charge is -2.32. The van der Waals surface area contributed by atoms with Gasteiger partial charge in [0.1, 0.15) is 0 Å². The molecule has 0 atom stereocenters. The lowest BCUT2D eigenvalue weighted by molar-refractivity contribution is 0.172. The summed E-state index contributed by atoms with van der Waals surface area (Å²) in [6, 6.07) is 10.4. The second kappa shape index (κ2) is 6.29. The van der Waals surface area contributed by atoms with Crippen molar-refractivity contribution in [3.8, 4) is 0 Å². The number of nitrogens with one attached hydrogen (secondary N) is 1. The van der Waals surface area contributed by atoms with Gasteiger partial charge in [-0.05, 0) is 24.3 Å². The van der Waals surface area contributed by atoms with E-state index in [-0.39, 0.29) is 11.4 Å². The molecule has 1 aromatic rings. The second-order valence-electron chi connectivity index (χ2n) is 6.58. The van der Waals surface area contributed by atoms with E-state index in [1.165, 1.54) is 5.56 Å². The van der Waals surface area contributed by atoms with Crippen molar-refractivity contribution in [1.29, 1.82) is 0 Å². The first-order chi connectivity index (χ1) is 9.49. The van der Waals surface area contributed by atoms with Gasteiger partial charge < -0.3 is 10.2 Å². The molecule has 0 radical (unpaired) electrons. The van der Waals surface area contributed by atoms with Gasteiger partial charge in [-0.15, -0.1) is 0 Å². The van der Waals surface area contributed by atoms with Crippen LogP contribution >= 0.6 is 0 Å². The van der Waals surface area contributed by atoms with Gasteiger partial charge in [-0.1, -0.05) is 51.1 Å². The number of hydrogen-bond acceptors (Lipinski definition) is 1. The standard InChI is InChI=1S/C17H26N2O/c1-14-9-11-19(12-10-14)16(20)18-13-17(2,3)15-7-5-4-6-8-15/h4-8,14H,9-13H2,1-3H3,(H,18,20). The van der Waals surface area contributed by atoms with E-state index in [9.17, 15) is 4.79 Å². The zero-order valence-electron chi connectivity index (χ0n) is 12.9. The Labute approximate surface area is 122 Å². The average Bonchev–Trinajstić information content (AvgIpc) is 2.46. The molecule has 1 aliphatic heterocycles. The molecule has 0 aromatic heterocycles. The third-order valence-corrected chi connectivity index (χ3v) is 4.31. The highest BCUT2D eigenvalue weighted by molar-refractivity contribution is 5.74. The summed E-state index contributed by atoms with van der Waals surface area (Å²) in [7, 11) is 0. The Morgan fingerprint density at radius 1 is 1.25 bits per heavy atom. The predicted molar refractivity (Wildman–Crippen MR) is 82.8 cm³/mol. The van der Waals surface area contributed by atoms with Gasteiger partial charge in [-0.2, -0.15) is 0 Å². The monoisotopic (exact) mass is 274 g/mol. The number of piperidine rings is 1. The van der Waals surface area contributed by atoms with Crippen LogP contribution in [0.2, 0.25) is 0 Å². The first-order valence-electron chi connectivity index (χ1n) is 7.57. The van der Waals surface area contributed by atoms with Crippen molar-refractivity contribution in [2.75, 3.05) is 19.6 Å². The molecule has 1 heterocycles. The fraction of sp³-hybridized carbons (Fsp3) is 0.588. The SMILES string of the molecule is CC1CCN(C(=O)NCC(C)(C)c2ccccc2)CC1. The summed E-state index contributed by atoms with van der Waals surface area (Å²) in [5, 5.41) is 3.09. The molecule has 0 bridgehead atoms. The van der Waals surface area contributed by atoms with Gasteiger partial charge in [0.2, 0.25) is 0 Å². The Kier molecular flexibility index (Phi) is 4.69. The van der Waals surface area contributed by atoms with E-state index in [0.717, 1.165) is 31.8 Å². The minimum absolute atomic E-state index is 0.0417. The molecule has 1 N–H and O–H groups in total. The Hall–Kier alpha value is -1.51. The molecule has 110 valence electrons. The van der Waals surface area contributed by atoms with Crippen LogP contribution in [0.5, 0.6) is 0 Å². The summed E-state index contributed by atoms with van der Waals surface area (Å²) in [4.78, 5) is 14.1. The van der Waals surface area contributed by atoms with Crippen molar-refractivity contribution < 1.29 is 4.79 Å². The molecule has 1 fully saturated rings. The molecule has 0 unspecified atom stereocenters.